The quantitative estimate of drug-likeness (QED) is 0.295. The molecule has 10 heteroatoms. The molecule has 174 valence electrons. The molecule has 4 rings (SSSR count). The van der Waals surface area contributed by atoms with Crippen LogP contribution in [0.3, 0.4) is 0 Å². The van der Waals surface area contributed by atoms with Crippen LogP contribution in [0, 0.1) is 36.5 Å². The number of alkyl halides is 3. The summed E-state index contributed by atoms with van der Waals surface area (Å²) in [5, 5.41) is 23.0. The molecule has 35 heavy (non-hydrogen) atoms. The van der Waals surface area contributed by atoms with E-state index < -0.39 is 17.3 Å². The van der Waals surface area contributed by atoms with Gasteiger partial charge in [-0.05, 0) is 78.4 Å². The third-order valence-electron chi connectivity index (χ3n) is 5.02. The number of hydrogen-bond acceptors (Lipinski definition) is 7. The van der Waals surface area contributed by atoms with Gasteiger partial charge in [0, 0.05) is 11.8 Å². The van der Waals surface area contributed by atoms with Crippen molar-refractivity contribution in [1.29, 1.82) is 10.5 Å². The van der Waals surface area contributed by atoms with E-state index >= 15 is 0 Å². The molecule has 4 aromatic rings. The van der Waals surface area contributed by atoms with Gasteiger partial charge < -0.3 is 10.1 Å². The predicted molar refractivity (Wildman–Crippen MR) is 127 cm³/mol. The topological polar surface area (TPSA) is 94.6 Å². The predicted octanol–water partition coefficient (Wildman–Crippen LogP) is 7.27. The molecule has 0 amide bonds. The highest BCUT2D eigenvalue weighted by molar-refractivity contribution is 7.16. The minimum Gasteiger partial charge on any atom is -0.438 e. The number of thiophene rings is 1. The molecular weight excluding hydrogens is 475 g/mol. The summed E-state index contributed by atoms with van der Waals surface area (Å²) in [4.78, 5) is 9.39. The van der Waals surface area contributed by atoms with Crippen molar-refractivity contribution in [2.75, 3.05) is 5.32 Å². The Balaban J connectivity index is 1.72. The minimum atomic E-state index is -4.68. The summed E-state index contributed by atoms with van der Waals surface area (Å²) < 4.78 is 46.2. The maximum atomic E-state index is 13.4. The van der Waals surface area contributed by atoms with Gasteiger partial charge in [-0.1, -0.05) is 0 Å². The van der Waals surface area contributed by atoms with Gasteiger partial charge in [-0.15, -0.1) is 11.3 Å². The number of nitrogens with one attached hydrogen (secondary N) is 1. The van der Waals surface area contributed by atoms with Crippen LogP contribution in [0.5, 0.6) is 11.6 Å². The van der Waals surface area contributed by atoms with E-state index in [1.165, 1.54) is 23.5 Å². The molecule has 0 bridgehead atoms. The molecule has 0 aliphatic heterocycles. The Hall–Kier alpha value is -4.41. The summed E-state index contributed by atoms with van der Waals surface area (Å²) in [6.45, 7) is 3.74. The molecule has 0 saturated carbocycles. The smallest absolute Gasteiger partial charge is 0.417 e. The molecular formula is C25H16F3N5OS. The van der Waals surface area contributed by atoms with Crippen LogP contribution < -0.4 is 10.1 Å². The highest BCUT2D eigenvalue weighted by atomic mass is 32.1. The minimum absolute atomic E-state index is 0.0525. The first kappa shape index (κ1) is 23.7. The third-order valence-corrected chi connectivity index (χ3v) is 5.83. The summed E-state index contributed by atoms with van der Waals surface area (Å²) in [6.07, 6.45) is -1.60. The fourth-order valence-electron chi connectivity index (χ4n) is 3.52. The lowest BCUT2D eigenvalue weighted by Crippen LogP contribution is -2.09. The first-order chi connectivity index (χ1) is 16.7. The van der Waals surface area contributed by atoms with E-state index in [0.717, 1.165) is 28.8 Å². The number of halogens is 3. The van der Waals surface area contributed by atoms with Crippen molar-refractivity contribution in [2.24, 2.45) is 0 Å². The van der Waals surface area contributed by atoms with Gasteiger partial charge in [0.2, 0.25) is 11.8 Å². The van der Waals surface area contributed by atoms with Crippen LogP contribution in [0.25, 0.3) is 16.3 Å². The molecule has 0 saturated heterocycles. The number of ether oxygens (including phenoxy) is 1. The number of hydrogen-bond donors (Lipinski definition) is 1. The number of aromatic nitrogens is 2. The first-order valence-electron chi connectivity index (χ1n) is 10.2. The van der Waals surface area contributed by atoms with Crippen molar-refractivity contribution in [2.45, 2.75) is 20.0 Å². The molecule has 2 heterocycles. The molecule has 2 aromatic carbocycles. The molecule has 0 fully saturated rings. The van der Waals surface area contributed by atoms with Gasteiger partial charge in [0.25, 0.3) is 0 Å². The number of nitriles is 2. The van der Waals surface area contributed by atoms with Crippen LogP contribution in [0.1, 0.15) is 27.8 Å². The summed E-state index contributed by atoms with van der Waals surface area (Å²) in [7, 11) is 0. The average molecular weight is 491 g/mol. The number of benzene rings is 2. The summed E-state index contributed by atoms with van der Waals surface area (Å²) >= 11 is 1.34. The molecule has 0 unspecified atom stereocenters. The zero-order valence-electron chi connectivity index (χ0n) is 18.4. The number of fused-ring (bicyclic) bond motifs is 1. The SMILES string of the molecule is Cc1cc(/C=C/C#N)cc(C)c1Oc1nc(Nc2ccc(C#N)c(C(F)(F)F)c2)nc2sccc12. The van der Waals surface area contributed by atoms with E-state index in [-0.39, 0.29) is 17.5 Å². The molecule has 0 spiro atoms. The Morgan fingerprint density at radius 2 is 1.80 bits per heavy atom. The van der Waals surface area contributed by atoms with Gasteiger partial charge in [0.05, 0.1) is 28.7 Å². The fourth-order valence-corrected chi connectivity index (χ4v) is 4.27. The second-order valence-electron chi connectivity index (χ2n) is 7.54. The highest BCUT2D eigenvalue weighted by Crippen LogP contribution is 2.37. The lowest BCUT2D eigenvalue weighted by atomic mass is 10.1. The Labute approximate surface area is 202 Å². The molecule has 0 atom stereocenters. The molecule has 0 aliphatic carbocycles. The van der Waals surface area contributed by atoms with Gasteiger partial charge in [-0.2, -0.15) is 28.7 Å². The normalized spacial score (nSPS) is 11.4. The number of allylic oxidation sites excluding steroid dienone is 1. The maximum absolute atomic E-state index is 13.4. The van der Waals surface area contributed by atoms with Crippen molar-refractivity contribution in [3.8, 4) is 23.8 Å². The monoisotopic (exact) mass is 491 g/mol. The van der Waals surface area contributed by atoms with Crippen LogP contribution in [-0.4, -0.2) is 9.97 Å². The molecule has 0 radical (unpaired) electrons. The van der Waals surface area contributed by atoms with Crippen LogP contribution in [0.15, 0.2) is 47.9 Å². The Kier molecular flexibility index (Phi) is 6.41. The van der Waals surface area contributed by atoms with E-state index in [1.807, 2.05) is 37.4 Å². The summed E-state index contributed by atoms with van der Waals surface area (Å²) in [5.41, 5.74) is 1.05. The van der Waals surface area contributed by atoms with E-state index in [2.05, 4.69) is 15.3 Å². The summed E-state index contributed by atoms with van der Waals surface area (Å²) in [5.74, 6) is 0.876. The van der Waals surface area contributed by atoms with Crippen LogP contribution in [-0.2, 0) is 6.18 Å². The highest BCUT2D eigenvalue weighted by Gasteiger charge is 2.34. The van der Waals surface area contributed by atoms with Gasteiger partial charge in [0.1, 0.15) is 10.6 Å². The molecule has 1 N–H and O–H groups in total. The standard InChI is InChI=1S/C25H16F3N5OS/c1-14-10-16(4-3-8-29)11-15(2)21(14)34-22-19-7-9-35-23(19)33-24(32-22)31-18-6-5-17(13-30)20(12-18)25(26,27)28/h3-7,9-12H,1-2H3,(H,31,32,33)/b4-3+. The van der Waals surface area contributed by atoms with E-state index in [4.69, 9.17) is 15.3 Å². The lowest BCUT2D eigenvalue weighted by Gasteiger charge is -2.15. The Morgan fingerprint density at radius 3 is 2.46 bits per heavy atom. The van der Waals surface area contributed by atoms with Crippen molar-refractivity contribution in [3.05, 3.63) is 75.7 Å². The fraction of sp³-hybridized carbons (Fsp3) is 0.120. The van der Waals surface area contributed by atoms with Crippen molar-refractivity contribution in [1.82, 2.24) is 9.97 Å². The molecule has 6 nitrogen and oxygen atoms in total. The van der Waals surface area contributed by atoms with E-state index in [1.54, 1.807) is 18.2 Å². The third kappa shape index (κ3) is 5.08. The van der Waals surface area contributed by atoms with Gasteiger partial charge >= 0.3 is 6.18 Å². The number of aryl methyl sites for hydroxylation is 2. The Bertz CT molecular complexity index is 1520. The van der Waals surface area contributed by atoms with Crippen molar-refractivity contribution < 1.29 is 17.9 Å². The molecule has 2 aromatic heterocycles. The second kappa shape index (κ2) is 9.45. The lowest BCUT2D eigenvalue weighted by molar-refractivity contribution is -0.137. The van der Waals surface area contributed by atoms with Crippen molar-refractivity contribution >= 4 is 39.3 Å². The Morgan fingerprint density at radius 1 is 1.06 bits per heavy atom. The number of nitrogens with zero attached hydrogens (tertiary/aromatic N) is 4. The second-order valence-corrected chi connectivity index (χ2v) is 8.43. The first-order valence-corrected chi connectivity index (χ1v) is 11.1. The number of anilines is 2. The zero-order chi connectivity index (χ0) is 25.2. The van der Waals surface area contributed by atoms with E-state index in [9.17, 15) is 13.2 Å². The van der Waals surface area contributed by atoms with Gasteiger partial charge in [-0.3, -0.25) is 0 Å². The number of rotatable bonds is 5. The van der Waals surface area contributed by atoms with Gasteiger partial charge in [-0.25, -0.2) is 4.98 Å². The van der Waals surface area contributed by atoms with Crippen LogP contribution in [0.4, 0.5) is 24.8 Å². The zero-order valence-corrected chi connectivity index (χ0v) is 19.3. The van der Waals surface area contributed by atoms with Gasteiger partial charge in [0.15, 0.2) is 0 Å². The van der Waals surface area contributed by atoms with Crippen LogP contribution >= 0.6 is 11.3 Å². The van der Waals surface area contributed by atoms with Crippen molar-refractivity contribution in [3.63, 3.8) is 0 Å². The molecule has 0 aliphatic rings. The summed E-state index contributed by atoms with van der Waals surface area (Å²) in [6, 6.07) is 12.4. The van der Waals surface area contributed by atoms with Crippen LogP contribution in [0.2, 0.25) is 0 Å². The maximum Gasteiger partial charge on any atom is 0.417 e. The largest absolute Gasteiger partial charge is 0.438 e. The average Bonchev–Trinajstić information content (AvgIpc) is 3.28. The van der Waals surface area contributed by atoms with E-state index in [0.29, 0.717) is 16.0 Å².